The molecule has 1 aliphatic rings. The van der Waals surface area contributed by atoms with E-state index in [-0.39, 0.29) is 18.2 Å². The van der Waals surface area contributed by atoms with Gasteiger partial charge in [0.2, 0.25) is 0 Å². The van der Waals surface area contributed by atoms with Gasteiger partial charge in [-0.15, -0.1) is 0 Å². The second-order valence-electron chi connectivity index (χ2n) is 4.24. The topological polar surface area (TPSA) is 56.0 Å². The SMILES string of the molecule is CC(CC#N)NC1CCCCCC1O. The first-order valence-electron chi connectivity index (χ1n) is 5.55. The lowest BCUT2D eigenvalue weighted by molar-refractivity contribution is 0.115. The summed E-state index contributed by atoms with van der Waals surface area (Å²) >= 11 is 0. The lowest BCUT2D eigenvalue weighted by Gasteiger charge is -2.24. The number of aliphatic hydroxyl groups is 1. The van der Waals surface area contributed by atoms with E-state index in [1.807, 2.05) is 6.92 Å². The Labute approximate surface area is 86.1 Å². The molecule has 3 heteroatoms. The van der Waals surface area contributed by atoms with Crippen LogP contribution in [-0.4, -0.2) is 23.3 Å². The molecule has 0 aliphatic heterocycles. The van der Waals surface area contributed by atoms with Gasteiger partial charge in [0, 0.05) is 12.1 Å². The van der Waals surface area contributed by atoms with E-state index in [9.17, 15) is 5.11 Å². The van der Waals surface area contributed by atoms with Crippen LogP contribution in [0.5, 0.6) is 0 Å². The third-order valence-corrected chi connectivity index (χ3v) is 2.88. The Bertz CT molecular complexity index is 200. The minimum Gasteiger partial charge on any atom is -0.392 e. The first kappa shape index (κ1) is 11.5. The summed E-state index contributed by atoms with van der Waals surface area (Å²) in [7, 11) is 0. The normalized spacial score (nSPS) is 30.4. The van der Waals surface area contributed by atoms with Crippen LogP contribution in [0.4, 0.5) is 0 Å². The van der Waals surface area contributed by atoms with Crippen molar-refractivity contribution < 1.29 is 5.11 Å². The highest BCUT2D eigenvalue weighted by molar-refractivity contribution is 4.84. The second kappa shape index (κ2) is 6.00. The summed E-state index contributed by atoms with van der Waals surface area (Å²) in [4.78, 5) is 0. The number of aliphatic hydroxyl groups excluding tert-OH is 1. The van der Waals surface area contributed by atoms with E-state index in [2.05, 4.69) is 11.4 Å². The minimum absolute atomic E-state index is 0.192. The summed E-state index contributed by atoms with van der Waals surface area (Å²) in [6.07, 6.45) is 5.78. The standard InChI is InChI=1S/C11H20N2O/c1-9(7-8-12)13-10-5-3-2-4-6-11(10)14/h9-11,13-14H,2-7H2,1H3. The maximum absolute atomic E-state index is 9.82. The molecular formula is C11H20N2O. The molecule has 2 N–H and O–H groups in total. The zero-order valence-electron chi connectivity index (χ0n) is 8.87. The fraction of sp³-hybridized carbons (Fsp3) is 0.909. The van der Waals surface area contributed by atoms with Crippen molar-refractivity contribution in [2.45, 2.75) is 63.6 Å². The third kappa shape index (κ3) is 3.65. The van der Waals surface area contributed by atoms with Crippen molar-refractivity contribution in [2.24, 2.45) is 0 Å². The van der Waals surface area contributed by atoms with Gasteiger partial charge in [-0.3, -0.25) is 0 Å². The highest BCUT2D eigenvalue weighted by atomic mass is 16.3. The Hall–Kier alpha value is -0.590. The molecule has 0 heterocycles. The van der Waals surface area contributed by atoms with Gasteiger partial charge in [-0.1, -0.05) is 19.3 Å². The van der Waals surface area contributed by atoms with Crippen LogP contribution in [0.2, 0.25) is 0 Å². The summed E-state index contributed by atoms with van der Waals surface area (Å²) in [5.41, 5.74) is 0. The van der Waals surface area contributed by atoms with Crippen molar-refractivity contribution in [3.05, 3.63) is 0 Å². The van der Waals surface area contributed by atoms with Gasteiger partial charge in [-0.25, -0.2) is 0 Å². The highest BCUT2D eigenvalue weighted by Gasteiger charge is 2.22. The van der Waals surface area contributed by atoms with Crippen molar-refractivity contribution in [3.8, 4) is 6.07 Å². The summed E-state index contributed by atoms with van der Waals surface area (Å²) < 4.78 is 0. The van der Waals surface area contributed by atoms with E-state index in [1.54, 1.807) is 0 Å². The van der Waals surface area contributed by atoms with E-state index >= 15 is 0 Å². The largest absolute Gasteiger partial charge is 0.392 e. The molecule has 0 aromatic rings. The van der Waals surface area contributed by atoms with Gasteiger partial charge < -0.3 is 10.4 Å². The van der Waals surface area contributed by atoms with Crippen LogP contribution in [-0.2, 0) is 0 Å². The molecule has 0 bridgehead atoms. The van der Waals surface area contributed by atoms with Gasteiger partial charge >= 0.3 is 0 Å². The van der Waals surface area contributed by atoms with Gasteiger partial charge in [0.05, 0.1) is 18.6 Å². The molecule has 1 saturated carbocycles. The van der Waals surface area contributed by atoms with E-state index in [0.717, 1.165) is 19.3 Å². The Morgan fingerprint density at radius 1 is 1.43 bits per heavy atom. The first-order valence-corrected chi connectivity index (χ1v) is 5.55. The predicted octanol–water partition coefficient (Wildman–Crippen LogP) is 1.57. The maximum Gasteiger partial charge on any atom is 0.0693 e. The fourth-order valence-electron chi connectivity index (χ4n) is 2.04. The Morgan fingerprint density at radius 3 is 2.86 bits per heavy atom. The molecule has 0 amide bonds. The monoisotopic (exact) mass is 196 g/mol. The van der Waals surface area contributed by atoms with Gasteiger partial charge in [0.25, 0.3) is 0 Å². The molecule has 3 unspecified atom stereocenters. The summed E-state index contributed by atoms with van der Waals surface area (Å²) in [5.74, 6) is 0. The van der Waals surface area contributed by atoms with Crippen LogP contribution in [0.1, 0.15) is 45.4 Å². The van der Waals surface area contributed by atoms with E-state index in [4.69, 9.17) is 5.26 Å². The van der Waals surface area contributed by atoms with E-state index in [1.165, 1.54) is 12.8 Å². The van der Waals surface area contributed by atoms with Crippen molar-refractivity contribution in [1.29, 1.82) is 5.26 Å². The molecule has 1 aliphatic carbocycles. The quantitative estimate of drug-likeness (QED) is 0.674. The molecule has 1 rings (SSSR count). The van der Waals surface area contributed by atoms with Gasteiger partial charge in [-0.05, 0) is 19.8 Å². The number of rotatable bonds is 3. The average molecular weight is 196 g/mol. The molecule has 0 saturated heterocycles. The van der Waals surface area contributed by atoms with Crippen molar-refractivity contribution in [2.75, 3.05) is 0 Å². The highest BCUT2D eigenvalue weighted by Crippen LogP contribution is 2.18. The summed E-state index contributed by atoms with van der Waals surface area (Å²) in [6, 6.07) is 2.53. The van der Waals surface area contributed by atoms with Crippen LogP contribution in [0.15, 0.2) is 0 Å². The minimum atomic E-state index is -0.223. The first-order chi connectivity index (χ1) is 6.74. The molecule has 1 fully saturated rings. The Balaban J connectivity index is 2.36. The molecule has 3 atom stereocenters. The fourth-order valence-corrected chi connectivity index (χ4v) is 2.04. The van der Waals surface area contributed by atoms with E-state index in [0.29, 0.717) is 6.42 Å². The average Bonchev–Trinajstić information content (AvgIpc) is 2.33. The molecule has 80 valence electrons. The Morgan fingerprint density at radius 2 is 2.14 bits per heavy atom. The molecule has 0 aromatic heterocycles. The maximum atomic E-state index is 9.82. The van der Waals surface area contributed by atoms with Crippen LogP contribution in [0.3, 0.4) is 0 Å². The Kier molecular flexibility index (Phi) is 4.92. The lowest BCUT2D eigenvalue weighted by atomic mass is 10.0. The number of hydrogen-bond acceptors (Lipinski definition) is 3. The van der Waals surface area contributed by atoms with Crippen LogP contribution in [0, 0.1) is 11.3 Å². The van der Waals surface area contributed by atoms with Gasteiger partial charge in [-0.2, -0.15) is 5.26 Å². The zero-order chi connectivity index (χ0) is 10.4. The molecular weight excluding hydrogens is 176 g/mol. The molecule has 3 nitrogen and oxygen atoms in total. The number of hydrogen-bond donors (Lipinski definition) is 2. The van der Waals surface area contributed by atoms with Crippen LogP contribution < -0.4 is 5.32 Å². The molecule has 14 heavy (non-hydrogen) atoms. The van der Waals surface area contributed by atoms with Crippen molar-refractivity contribution in [3.63, 3.8) is 0 Å². The molecule has 0 radical (unpaired) electrons. The zero-order valence-corrected chi connectivity index (χ0v) is 8.87. The number of nitriles is 1. The predicted molar refractivity (Wildman–Crippen MR) is 55.7 cm³/mol. The third-order valence-electron chi connectivity index (χ3n) is 2.88. The lowest BCUT2D eigenvalue weighted by Crippen LogP contribution is -2.43. The van der Waals surface area contributed by atoms with Crippen molar-refractivity contribution in [1.82, 2.24) is 5.32 Å². The summed E-state index contributed by atoms with van der Waals surface area (Å²) in [6.45, 7) is 2.00. The summed E-state index contributed by atoms with van der Waals surface area (Å²) in [5, 5.41) is 21.7. The van der Waals surface area contributed by atoms with Crippen molar-refractivity contribution >= 4 is 0 Å². The van der Waals surface area contributed by atoms with Crippen LogP contribution in [0.25, 0.3) is 0 Å². The number of nitrogens with one attached hydrogen (secondary N) is 1. The molecule has 0 aromatic carbocycles. The van der Waals surface area contributed by atoms with Crippen LogP contribution >= 0.6 is 0 Å². The van der Waals surface area contributed by atoms with Gasteiger partial charge in [0.1, 0.15) is 0 Å². The second-order valence-corrected chi connectivity index (χ2v) is 4.24. The number of nitrogens with zero attached hydrogens (tertiary/aromatic N) is 1. The molecule has 0 spiro atoms. The van der Waals surface area contributed by atoms with E-state index < -0.39 is 0 Å². The smallest absolute Gasteiger partial charge is 0.0693 e. The van der Waals surface area contributed by atoms with Gasteiger partial charge in [0.15, 0.2) is 0 Å².